The number of carboxylic acid groups (broad SMARTS) is 1. The number of carboxylic acids is 1. The van der Waals surface area contributed by atoms with Crippen LogP contribution in [0.25, 0.3) is 10.9 Å². The molecule has 1 aromatic carbocycles. The van der Waals surface area contributed by atoms with Gasteiger partial charge in [0.05, 0.1) is 18.2 Å². The third-order valence-electron chi connectivity index (χ3n) is 3.40. The predicted octanol–water partition coefficient (Wildman–Crippen LogP) is 1.45. The van der Waals surface area contributed by atoms with E-state index in [2.05, 4.69) is 9.88 Å². The van der Waals surface area contributed by atoms with E-state index >= 15 is 0 Å². The number of aromatic nitrogens is 1. The van der Waals surface area contributed by atoms with Crippen LogP contribution in [-0.2, 0) is 13.1 Å². The molecular weight excluding hydrogens is 232 g/mol. The number of methoxy groups -OCH3 is 1. The van der Waals surface area contributed by atoms with E-state index in [1.54, 1.807) is 13.2 Å². The van der Waals surface area contributed by atoms with Gasteiger partial charge in [-0.05, 0) is 12.1 Å². The van der Waals surface area contributed by atoms with E-state index in [0.29, 0.717) is 12.1 Å². The molecule has 2 N–H and O–H groups in total. The van der Waals surface area contributed by atoms with Crippen LogP contribution in [0, 0.1) is 0 Å². The zero-order valence-corrected chi connectivity index (χ0v) is 10.1. The second kappa shape index (κ2) is 4.03. The Morgan fingerprint density at radius 1 is 1.50 bits per heavy atom. The number of nitrogens with zero attached hydrogens (tertiary/aromatic N) is 1. The second-order valence-electron chi connectivity index (χ2n) is 4.34. The maximum atomic E-state index is 11.4. The highest BCUT2D eigenvalue weighted by atomic mass is 16.5. The quantitative estimate of drug-likeness (QED) is 0.842. The van der Waals surface area contributed by atoms with E-state index in [4.69, 9.17) is 4.74 Å². The van der Waals surface area contributed by atoms with Gasteiger partial charge in [-0.1, -0.05) is 0 Å². The van der Waals surface area contributed by atoms with Gasteiger partial charge in [0.2, 0.25) is 0 Å². The van der Waals surface area contributed by atoms with E-state index in [1.165, 1.54) is 0 Å². The van der Waals surface area contributed by atoms with Crippen LogP contribution in [0.3, 0.4) is 0 Å². The monoisotopic (exact) mass is 246 g/mol. The first-order chi connectivity index (χ1) is 8.72. The summed E-state index contributed by atoms with van der Waals surface area (Å²) in [6.45, 7) is 2.23. The number of benzene rings is 1. The number of nitrogens with one attached hydrogen (secondary N) is 1. The van der Waals surface area contributed by atoms with Crippen LogP contribution in [0.2, 0.25) is 0 Å². The number of ether oxygens (including phenoxy) is 1. The Morgan fingerprint density at radius 2 is 2.33 bits per heavy atom. The zero-order valence-electron chi connectivity index (χ0n) is 10.1. The van der Waals surface area contributed by atoms with Gasteiger partial charge in [0.15, 0.2) is 0 Å². The summed E-state index contributed by atoms with van der Waals surface area (Å²) in [6.07, 6.45) is 0. The summed E-state index contributed by atoms with van der Waals surface area (Å²) in [5.74, 6) is -0.124. The zero-order chi connectivity index (χ0) is 12.7. The summed E-state index contributed by atoms with van der Waals surface area (Å²) in [5.41, 5.74) is 2.18. The first-order valence-electron chi connectivity index (χ1n) is 5.85. The summed E-state index contributed by atoms with van der Waals surface area (Å²) in [6, 6.07) is 5.52. The van der Waals surface area contributed by atoms with Crippen molar-refractivity contribution in [2.75, 3.05) is 13.7 Å². The molecule has 1 aliphatic heterocycles. The lowest BCUT2D eigenvalue weighted by atomic mass is 10.1. The SMILES string of the molecule is COc1ccc2c(C(=O)O)c3n(c2c1)CCNC3. The van der Waals surface area contributed by atoms with E-state index in [0.717, 1.165) is 35.4 Å². The Bertz CT molecular complexity index is 631. The maximum absolute atomic E-state index is 11.4. The van der Waals surface area contributed by atoms with Crippen LogP contribution in [-0.4, -0.2) is 29.3 Å². The molecular formula is C13H14N2O3. The van der Waals surface area contributed by atoms with Crippen LogP contribution in [0.15, 0.2) is 18.2 Å². The third kappa shape index (κ3) is 1.48. The molecule has 5 heteroatoms. The molecule has 0 spiro atoms. The van der Waals surface area contributed by atoms with Crippen molar-refractivity contribution in [3.63, 3.8) is 0 Å². The number of hydrogen-bond donors (Lipinski definition) is 2. The summed E-state index contributed by atoms with van der Waals surface area (Å²) < 4.78 is 7.27. The lowest BCUT2D eigenvalue weighted by Crippen LogP contribution is -2.28. The maximum Gasteiger partial charge on any atom is 0.338 e. The number of carbonyl (C=O) groups is 1. The van der Waals surface area contributed by atoms with Crippen LogP contribution in [0.1, 0.15) is 16.1 Å². The minimum Gasteiger partial charge on any atom is -0.497 e. The largest absolute Gasteiger partial charge is 0.497 e. The molecule has 18 heavy (non-hydrogen) atoms. The fourth-order valence-electron chi connectivity index (χ4n) is 2.58. The fraction of sp³-hybridized carbons (Fsp3) is 0.308. The van der Waals surface area contributed by atoms with Crippen LogP contribution in [0.5, 0.6) is 5.75 Å². The summed E-state index contributed by atoms with van der Waals surface area (Å²) in [4.78, 5) is 11.4. The Hall–Kier alpha value is -2.01. The van der Waals surface area contributed by atoms with Gasteiger partial charge in [-0.25, -0.2) is 4.79 Å². The van der Waals surface area contributed by atoms with Gasteiger partial charge in [-0.3, -0.25) is 0 Å². The summed E-state index contributed by atoms with van der Waals surface area (Å²) in [7, 11) is 1.61. The number of rotatable bonds is 2. The highest BCUT2D eigenvalue weighted by Crippen LogP contribution is 2.30. The molecule has 2 aromatic rings. The van der Waals surface area contributed by atoms with E-state index in [1.807, 2.05) is 12.1 Å². The molecule has 94 valence electrons. The van der Waals surface area contributed by atoms with Crippen molar-refractivity contribution in [3.05, 3.63) is 29.5 Å². The molecule has 1 aromatic heterocycles. The van der Waals surface area contributed by atoms with Gasteiger partial charge in [-0.15, -0.1) is 0 Å². The van der Waals surface area contributed by atoms with Crippen molar-refractivity contribution in [1.82, 2.24) is 9.88 Å². The number of aromatic carboxylic acids is 1. The molecule has 0 bridgehead atoms. The Morgan fingerprint density at radius 3 is 3.06 bits per heavy atom. The van der Waals surface area contributed by atoms with Gasteiger partial charge in [0.1, 0.15) is 5.75 Å². The molecule has 0 saturated carbocycles. The highest BCUT2D eigenvalue weighted by molar-refractivity contribution is 6.05. The third-order valence-corrected chi connectivity index (χ3v) is 3.40. The molecule has 0 amide bonds. The van der Waals surface area contributed by atoms with Gasteiger partial charge in [0.25, 0.3) is 0 Å². The van der Waals surface area contributed by atoms with Gasteiger partial charge < -0.3 is 19.7 Å². The number of hydrogen-bond acceptors (Lipinski definition) is 3. The van der Waals surface area contributed by atoms with E-state index < -0.39 is 5.97 Å². The minimum absolute atomic E-state index is 0.403. The smallest absolute Gasteiger partial charge is 0.338 e. The average Bonchev–Trinajstić information content (AvgIpc) is 2.72. The molecule has 0 aliphatic carbocycles. The molecule has 0 fully saturated rings. The highest BCUT2D eigenvalue weighted by Gasteiger charge is 2.23. The van der Waals surface area contributed by atoms with Crippen LogP contribution in [0.4, 0.5) is 0 Å². The fourth-order valence-corrected chi connectivity index (χ4v) is 2.58. The van der Waals surface area contributed by atoms with Gasteiger partial charge >= 0.3 is 5.97 Å². The molecule has 0 saturated heterocycles. The second-order valence-corrected chi connectivity index (χ2v) is 4.34. The Balaban J connectivity index is 2.36. The summed E-state index contributed by atoms with van der Waals surface area (Å²) >= 11 is 0. The molecule has 0 atom stereocenters. The lowest BCUT2D eigenvalue weighted by molar-refractivity contribution is 0.0697. The van der Waals surface area contributed by atoms with Gasteiger partial charge in [0, 0.05) is 36.8 Å². The van der Waals surface area contributed by atoms with Crippen LogP contribution >= 0.6 is 0 Å². The van der Waals surface area contributed by atoms with Crippen LogP contribution < -0.4 is 10.1 Å². The first-order valence-corrected chi connectivity index (χ1v) is 5.85. The van der Waals surface area contributed by atoms with Crippen molar-refractivity contribution in [1.29, 1.82) is 0 Å². The average molecular weight is 246 g/mol. The van der Waals surface area contributed by atoms with Crippen molar-refractivity contribution >= 4 is 16.9 Å². The predicted molar refractivity (Wildman–Crippen MR) is 67.2 cm³/mol. The molecule has 5 nitrogen and oxygen atoms in total. The topological polar surface area (TPSA) is 63.5 Å². The molecule has 0 unspecified atom stereocenters. The minimum atomic E-state index is -0.873. The normalized spacial score (nSPS) is 14.5. The molecule has 2 heterocycles. The first kappa shape index (κ1) is 11.1. The molecule has 3 rings (SSSR count). The van der Waals surface area contributed by atoms with Gasteiger partial charge in [-0.2, -0.15) is 0 Å². The van der Waals surface area contributed by atoms with Crippen molar-refractivity contribution in [2.45, 2.75) is 13.1 Å². The van der Waals surface area contributed by atoms with Crippen molar-refractivity contribution in [2.24, 2.45) is 0 Å². The van der Waals surface area contributed by atoms with Crippen molar-refractivity contribution < 1.29 is 14.6 Å². The number of fused-ring (bicyclic) bond motifs is 3. The molecule has 0 radical (unpaired) electrons. The lowest BCUT2D eigenvalue weighted by Gasteiger charge is -2.17. The van der Waals surface area contributed by atoms with E-state index in [9.17, 15) is 9.90 Å². The summed E-state index contributed by atoms with van der Waals surface area (Å²) in [5, 5.41) is 13.4. The molecule has 1 aliphatic rings. The standard InChI is InChI=1S/C13H14N2O3/c1-18-8-2-3-9-10(6-8)15-5-4-14-7-11(15)12(9)13(16)17/h2-3,6,14H,4-5,7H2,1H3,(H,16,17). The van der Waals surface area contributed by atoms with Crippen molar-refractivity contribution in [3.8, 4) is 5.75 Å². The Kier molecular flexibility index (Phi) is 2.48. The Labute approximate surface area is 104 Å². The van der Waals surface area contributed by atoms with E-state index in [-0.39, 0.29) is 0 Å².